The van der Waals surface area contributed by atoms with E-state index >= 15 is 0 Å². The van der Waals surface area contributed by atoms with Gasteiger partial charge in [0.05, 0.1) is 17.4 Å². The third-order valence-corrected chi connectivity index (χ3v) is 3.61. The number of rotatable bonds is 4. The maximum Gasteiger partial charge on any atom is 0.434 e. The van der Waals surface area contributed by atoms with Crippen LogP contribution in [-0.2, 0) is 6.18 Å². The Hall–Kier alpha value is -2.02. The van der Waals surface area contributed by atoms with E-state index in [1.807, 2.05) is 0 Å². The first-order chi connectivity index (χ1) is 10.8. The van der Waals surface area contributed by atoms with Crippen molar-refractivity contribution in [2.45, 2.75) is 20.0 Å². The van der Waals surface area contributed by atoms with Crippen LogP contribution in [0.15, 0.2) is 30.5 Å². The molecule has 0 aliphatic heterocycles. The van der Waals surface area contributed by atoms with E-state index in [0.29, 0.717) is 17.8 Å². The molecule has 2 rings (SSSR count). The fraction of sp³-hybridized carbons (Fsp3) is 0.333. The van der Waals surface area contributed by atoms with Gasteiger partial charge in [-0.1, -0.05) is 17.7 Å². The first kappa shape index (κ1) is 17.3. The summed E-state index contributed by atoms with van der Waals surface area (Å²) in [5.74, 6) is -0.699. The number of alkyl halides is 3. The van der Waals surface area contributed by atoms with Crippen molar-refractivity contribution in [2.75, 3.05) is 13.1 Å². The largest absolute Gasteiger partial charge is 0.434 e. The predicted octanol–water partition coefficient (Wildman–Crippen LogP) is 4.03. The Morgan fingerprint density at radius 3 is 2.48 bits per heavy atom. The summed E-state index contributed by atoms with van der Waals surface area (Å²) in [5.41, 5.74) is -1.43. The minimum atomic E-state index is -4.73. The Morgan fingerprint density at radius 2 is 1.96 bits per heavy atom. The van der Waals surface area contributed by atoms with E-state index in [9.17, 15) is 18.0 Å². The van der Waals surface area contributed by atoms with Crippen molar-refractivity contribution in [1.29, 1.82) is 0 Å². The van der Waals surface area contributed by atoms with Gasteiger partial charge in [0.25, 0.3) is 5.91 Å². The topological polar surface area (TPSA) is 38.1 Å². The first-order valence-corrected chi connectivity index (χ1v) is 7.37. The Balaban J connectivity index is 2.61. The second-order valence-corrected chi connectivity index (χ2v) is 5.21. The van der Waals surface area contributed by atoms with E-state index in [1.165, 1.54) is 23.1 Å². The molecule has 1 heterocycles. The number of carbonyl (C=O) groups is 1. The van der Waals surface area contributed by atoms with Crippen molar-refractivity contribution >= 4 is 17.5 Å². The Labute approximate surface area is 136 Å². The van der Waals surface area contributed by atoms with Gasteiger partial charge in [0, 0.05) is 18.1 Å². The Morgan fingerprint density at radius 1 is 1.30 bits per heavy atom. The lowest BCUT2D eigenvalue weighted by atomic mass is 10.2. The van der Waals surface area contributed by atoms with Crippen molar-refractivity contribution in [2.24, 2.45) is 0 Å². The number of hydrogen-bond acceptors (Lipinski definition) is 2. The highest BCUT2D eigenvalue weighted by molar-refractivity contribution is 6.30. The number of nitrogens with zero attached hydrogens (tertiary/aromatic N) is 3. The number of carbonyl (C=O) groups excluding carboxylic acids is 1. The van der Waals surface area contributed by atoms with Crippen LogP contribution in [0.2, 0.25) is 5.02 Å². The first-order valence-electron chi connectivity index (χ1n) is 7.00. The molecule has 0 N–H and O–H groups in total. The SMILES string of the molecule is CCN(CC)C(=O)c1cnn(-c2cccc(Cl)c2)c1C(F)(F)F. The quantitative estimate of drug-likeness (QED) is 0.839. The van der Waals surface area contributed by atoms with Crippen LogP contribution in [0.3, 0.4) is 0 Å². The molecule has 0 atom stereocenters. The molecule has 124 valence electrons. The van der Waals surface area contributed by atoms with Crippen molar-refractivity contribution in [3.8, 4) is 5.69 Å². The van der Waals surface area contributed by atoms with Crippen LogP contribution in [0.5, 0.6) is 0 Å². The summed E-state index contributed by atoms with van der Waals surface area (Å²) >= 11 is 5.83. The number of amides is 1. The van der Waals surface area contributed by atoms with Gasteiger partial charge in [0.1, 0.15) is 0 Å². The van der Waals surface area contributed by atoms with Gasteiger partial charge in [-0.25, -0.2) is 4.68 Å². The van der Waals surface area contributed by atoms with Gasteiger partial charge < -0.3 is 4.90 Å². The molecule has 0 unspecified atom stereocenters. The molecule has 1 aromatic carbocycles. The lowest BCUT2D eigenvalue weighted by Gasteiger charge is -2.19. The van der Waals surface area contributed by atoms with Crippen molar-refractivity contribution < 1.29 is 18.0 Å². The van der Waals surface area contributed by atoms with Gasteiger partial charge in [0.15, 0.2) is 5.69 Å². The summed E-state index contributed by atoms with van der Waals surface area (Å²) in [4.78, 5) is 13.6. The van der Waals surface area contributed by atoms with Crippen molar-refractivity contribution in [3.63, 3.8) is 0 Å². The molecule has 1 amide bonds. The maximum absolute atomic E-state index is 13.5. The highest BCUT2D eigenvalue weighted by Crippen LogP contribution is 2.34. The smallest absolute Gasteiger partial charge is 0.339 e. The van der Waals surface area contributed by atoms with Gasteiger partial charge >= 0.3 is 6.18 Å². The van der Waals surface area contributed by atoms with E-state index in [1.54, 1.807) is 19.9 Å². The molecular weight excluding hydrogens is 331 g/mol. The van der Waals surface area contributed by atoms with Crippen LogP contribution in [0.1, 0.15) is 29.9 Å². The lowest BCUT2D eigenvalue weighted by molar-refractivity contribution is -0.143. The van der Waals surface area contributed by atoms with Crippen LogP contribution < -0.4 is 0 Å². The molecule has 1 aromatic heterocycles. The van der Waals surface area contributed by atoms with E-state index < -0.39 is 23.3 Å². The van der Waals surface area contributed by atoms with Gasteiger partial charge in [-0.05, 0) is 32.0 Å². The molecular formula is C15H15ClF3N3O. The van der Waals surface area contributed by atoms with E-state index in [0.717, 1.165) is 6.20 Å². The fourth-order valence-electron chi connectivity index (χ4n) is 2.26. The van der Waals surface area contributed by atoms with Crippen LogP contribution >= 0.6 is 11.6 Å². The normalized spacial score (nSPS) is 11.6. The molecule has 0 saturated heterocycles. The maximum atomic E-state index is 13.5. The van der Waals surface area contributed by atoms with Gasteiger partial charge in [-0.2, -0.15) is 18.3 Å². The lowest BCUT2D eigenvalue weighted by Crippen LogP contribution is -2.32. The zero-order valence-corrected chi connectivity index (χ0v) is 13.3. The van der Waals surface area contributed by atoms with E-state index in [-0.39, 0.29) is 10.7 Å². The summed E-state index contributed by atoms with van der Waals surface area (Å²) in [6.07, 6.45) is -3.78. The van der Waals surface area contributed by atoms with Crippen LogP contribution in [0.25, 0.3) is 5.69 Å². The molecule has 0 spiro atoms. The number of benzene rings is 1. The van der Waals surface area contributed by atoms with Crippen LogP contribution in [0.4, 0.5) is 13.2 Å². The molecule has 23 heavy (non-hydrogen) atoms. The molecule has 0 aliphatic carbocycles. The third-order valence-electron chi connectivity index (χ3n) is 3.37. The highest BCUT2D eigenvalue weighted by atomic mass is 35.5. The van der Waals surface area contributed by atoms with Gasteiger partial charge in [-0.15, -0.1) is 0 Å². The predicted molar refractivity (Wildman–Crippen MR) is 80.8 cm³/mol. The average molecular weight is 346 g/mol. The number of aromatic nitrogens is 2. The minimum absolute atomic E-state index is 0.142. The summed E-state index contributed by atoms with van der Waals surface area (Å²) in [7, 11) is 0. The summed E-state index contributed by atoms with van der Waals surface area (Å²) in [6, 6.07) is 5.87. The molecule has 0 bridgehead atoms. The third kappa shape index (κ3) is 3.50. The van der Waals surface area contributed by atoms with Crippen LogP contribution in [0, 0.1) is 0 Å². The van der Waals surface area contributed by atoms with Crippen LogP contribution in [-0.4, -0.2) is 33.7 Å². The second kappa shape index (κ2) is 6.62. The second-order valence-electron chi connectivity index (χ2n) is 4.77. The zero-order chi connectivity index (χ0) is 17.2. The molecule has 0 saturated carbocycles. The van der Waals surface area contributed by atoms with E-state index in [2.05, 4.69) is 5.10 Å². The summed E-state index contributed by atoms with van der Waals surface area (Å²) in [6.45, 7) is 4.04. The molecule has 4 nitrogen and oxygen atoms in total. The van der Waals surface area contributed by atoms with Gasteiger partial charge in [-0.3, -0.25) is 4.79 Å². The molecule has 8 heteroatoms. The summed E-state index contributed by atoms with van der Waals surface area (Å²) in [5, 5.41) is 4.04. The number of hydrogen-bond donors (Lipinski definition) is 0. The molecule has 0 fully saturated rings. The summed E-state index contributed by atoms with van der Waals surface area (Å²) < 4.78 is 41.2. The molecule has 0 aliphatic rings. The van der Waals surface area contributed by atoms with Gasteiger partial charge in [0.2, 0.25) is 0 Å². The minimum Gasteiger partial charge on any atom is -0.339 e. The Kier molecular flexibility index (Phi) is 4.99. The van der Waals surface area contributed by atoms with E-state index in [4.69, 9.17) is 11.6 Å². The monoisotopic (exact) mass is 345 g/mol. The molecule has 2 aromatic rings. The van der Waals surface area contributed by atoms with Crippen molar-refractivity contribution in [3.05, 3.63) is 46.7 Å². The highest BCUT2D eigenvalue weighted by Gasteiger charge is 2.41. The van der Waals surface area contributed by atoms with Crippen molar-refractivity contribution in [1.82, 2.24) is 14.7 Å². The standard InChI is InChI=1S/C15H15ClF3N3O/c1-3-21(4-2)14(23)12-9-20-22(13(12)15(17,18)19)11-7-5-6-10(16)8-11/h5-9H,3-4H2,1-2H3. The average Bonchev–Trinajstić information content (AvgIpc) is 2.93. The molecule has 0 radical (unpaired) electrons. The fourth-order valence-corrected chi connectivity index (χ4v) is 2.45. The number of halogens is 4. The Bertz CT molecular complexity index is 708. The zero-order valence-electron chi connectivity index (χ0n) is 12.6.